The van der Waals surface area contributed by atoms with Crippen molar-refractivity contribution in [2.24, 2.45) is 0 Å². The van der Waals surface area contributed by atoms with E-state index in [1.807, 2.05) is 0 Å². The summed E-state index contributed by atoms with van der Waals surface area (Å²) in [6, 6.07) is 5.99. The highest BCUT2D eigenvalue weighted by Gasteiger charge is 2.39. The quantitative estimate of drug-likeness (QED) is 0.752. The van der Waals surface area contributed by atoms with Crippen LogP contribution in [0.1, 0.15) is 67.1 Å². The zero-order valence-electron chi connectivity index (χ0n) is 15.5. The van der Waals surface area contributed by atoms with Gasteiger partial charge in [0.2, 0.25) is 10.0 Å². The number of fused-ring (bicyclic) bond motifs is 1. The number of sulfonamides is 1. The third-order valence-corrected chi connectivity index (χ3v) is 7.39. The van der Waals surface area contributed by atoms with Crippen LogP contribution in [-0.2, 0) is 23.0 Å². The van der Waals surface area contributed by atoms with Gasteiger partial charge in [0.1, 0.15) is 5.82 Å². The molecule has 0 aliphatic carbocycles. The molecular weight excluding hydrogens is 364 g/mol. The number of rotatable bonds is 4. The normalized spacial score (nSPS) is 21.0. The Morgan fingerprint density at radius 1 is 1.11 bits per heavy atom. The van der Waals surface area contributed by atoms with Crippen LogP contribution in [0.5, 0.6) is 0 Å². The molecule has 0 saturated carbocycles. The second-order valence-electron chi connectivity index (χ2n) is 7.29. The molecule has 0 bridgehead atoms. The Morgan fingerprint density at radius 3 is 2.78 bits per heavy atom. The Balaban J connectivity index is 1.70. The van der Waals surface area contributed by atoms with E-state index < -0.39 is 10.0 Å². The predicted octanol–water partition coefficient (Wildman–Crippen LogP) is 2.73. The first-order valence-corrected chi connectivity index (χ1v) is 11.0. The number of Topliss-reactive ketones (excluding diaryl/α,β-unsaturated/α-hetero) is 1. The summed E-state index contributed by atoms with van der Waals surface area (Å²) in [7, 11) is -3.71. The first-order chi connectivity index (χ1) is 13.0. The van der Waals surface area contributed by atoms with E-state index in [0.29, 0.717) is 12.1 Å². The number of carbonyl (C=O) groups excluding carboxylic acids is 1. The Kier molecular flexibility index (Phi) is 4.86. The Hall–Kier alpha value is -2.06. The summed E-state index contributed by atoms with van der Waals surface area (Å²) >= 11 is 0. The first kappa shape index (κ1) is 18.3. The number of benzene rings is 1. The molecule has 2 aliphatic heterocycles. The van der Waals surface area contributed by atoms with Crippen molar-refractivity contribution in [2.45, 2.75) is 62.9 Å². The van der Waals surface area contributed by atoms with Crippen molar-refractivity contribution in [3.8, 4) is 0 Å². The SMILES string of the molecule is CC(=O)c1cccc(S(=O)(=O)N2CCCC2c2nnc3n2CCCCC3)c1. The average Bonchev–Trinajstić information content (AvgIpc) is 3.23. The molecule has 27 heavy (non-hydrogen) atoms. The topological polar surface area (TPSA) is 85.2 Å². The minimum atomic E-state index is -3.71. The van der Waals surface area contributed by atoms with Gasteiger partial charge in [-0.25, -0.2) is 8.42 Å². The van der Waals surface area contributed by atoms with Gasteiger partial charge in [0, 0.05) is 25.1 Å². The van der Waals surface area contributed by atoms with Gasteiger partial charge >= 0.3 is 0 Å². The highest BCUT2D eigenvalue weighted by atomic mass is 32.2. The molecule has 0 amide bonds. The molecule has 8 heteroatoms. The van der Waals surface area contributed by atoms with Crippen LogP contribution in [0.3, 0.4) is 0 Å². The van der Waals surface area contributed by atoms with E-state index in [2.05, 4.69) is 14.8 Å². The summed E-state index contributed by atoms with van der Waals surface area (Å²) < 4.78 is 30.3. The van der Waals surface area contributed by atoms with Gasteiger partial charge in [0.15, 0.2) is 11.6 Å². The van der Waals surface area contributed by atoms with E-state index >= 15 is 0 Å². The maximum absolute atomic E-state index is 13.3. The van der Waals surface area contributed by atoms with E-state index in [1.165, 1.54) is 17.3 Å². The van der Waals surface area contributed by atoms with E-state index in [4.69, 9.17) is 0 Å². The van der Waals surface area contributed by atoms with Gasteiger partial charge in [-0.15, -0.1) is 10.2 Å². The Morgan fingerprint density at radius 2 is 1.96 bits per heavy atom. The Labute approximate surface area is 159 Å². The van der Waals surface area contributed by atoms with Crippen LogP contribution in [0, 0.1) is 0 Å². The number of hydrogen-bond acceptors (Lipinski definition) is 5. The molecule has 1 fully saturated rings. The number of aromatic nitrogens is 3. The molecule has 144 valence electrons. The summed E-state index contributed by atoms with van der Waals surface area (Å²) in [5.74, 6) is 1.58. The molecule has 7 nitrogen and oxygen atoms in total. The lowest BCUT2D eigenvalue weighted by Crippen LogP contribution is -2.32. The van der Waals surface area contributed by atoms with E-state index in [1.54, 1.807) is 18.2 Å². The van der Waals surface area contributed by atoms with Crippen LogP contribution in [0.25, 0.3) is 0 Å². The maximum atomic E-state index is 13.3. The van der Waals surface area contributed by atoms with Crippen molar-refractivity contribution < 1.29 is 13.2 Å². The van der Waals surface area contributed by atoms with Gasteiger partial charge < -0.3 is 4.57 Å². The van der Waals surface area contributed by atoms with Crippen LogP contribution in [0.15, 0.2) is 29.2 Å². The van der Waals surface area contributed by atoms with Gasteiger partial charge in [-0.05, 0) is 44.7 Å². The second-order valence-corrected chi connectivity index (χ2v) is 9.19. The zero-order chi connectivity index (χ0) is 19.0. The van der Waals surface area contributed by atoms with Crippen LogP contribution < -0.4 is 0 Å². The standard InChI is InChI=1S/C19H24N4O3S/c1-14(24)15-7-5-8-16(13-15)27(25,26)23-12-6-9-17(23)19-21-20-18-10-3-2-4-11-22(18)19/h5,7-8,13,17H,2-4,6,9-12H2,1H3. The average molecular weight is 388 g/mol. The molecule has 4 rings (SSSR count). The molecule has 3 heterocycles. The smallest absolute Gasteiger partial charge is 0.243 e. The van der Waals surface area contributed by atoms with Crippen molar-refractivity contribution in [3.05, 3.63) is 41.5 Å². The fraction of sp³-hybridized carbons (Fsp3) is 0.526. The van der Waals surface area contributed by atoms with Crippen molar-refractivity contribution in [3.63, 3.8) is 0 Å². The summed E-state index contributed by atoms with van der Waals surface area (Å²) in [6.45, 7) is 2.75. The van der Waals surface area contributed by atoms with Crippen molar-refractivity contribution >= 4 is 15.8 Å². The van der Waals surface area contributed by atoms with Gasteiger partial charge in [0.05, 0.1) is 10.9 Å². The fourth-order valence-corrected chi connectivity index (χ4v) is 5.75. The predicted molar refractivity (Wildman–Crippen MR) is 99.9 cm³/mol. The van der Waals surface area contributed by atoms with Crippen molar-refractivity contribution in [1.82, 2.24) is 19.1 Å². The molecule has 1 aromatic carbocycles. The zero-order valence-corrected chi connectivity index (χ0v) is 16.3. The minimum Gasteiger partial charge on any atom is -0.314 e. The molecule has 1 saturated heterocycles. The molecule has 0 N–H and O–H groups in total. The number of aryl methyl sites for hydroxylation is 1. The molecule has 0 radical (unpaired) electrons. The molecular formula is C19H24N4O3S. The van der Waals surface area contributed by atoms with Crippen molar-refractivity contribution in [1.29, 1.82) is 0 Å². The molecule has 0 spiro atoms. The molecule has 1 unspecified atom stereocenters. The molecule has 1 aromatic heterocycles. The van der Waals surface area contributed by atoms with Gasteiger partial charge in [-0.2, -0.15) is 4.31 Å². The van der Waals surface area contributed by atoms with E-state index in [9.17, 15) is 13.2 Å². The number of ketones is 1. The summed E-state index contributed by atoms with van der Waals surface area (Å²) in [4.78, 5) is 11.8. The molecule has 2 aromatic rings. The lowest BCUT2D eigenvalue weighted by atomic mass is 10.2. The molecule has 2 aliphatic rings. The van der Waals surface area contributed by atoms with Crippen LogP contribution in [-0.4, -0.2) is 39.8 Å². The minimum absolute atomic E-state index is 0.146. The highest BCUT2D eigenvalue weighted by Crippen LogP contribution is 2.36. The van der Waals surface area contributed by atoms with E-state index in [-0.39, 0.29) is 16.7 Å². The summed E-state index contributed by atoms with van der Waals surface area (Å²) in [6.07, 6.45) is 5.75. The van der Waals surface area contributed by atoms with Gasteiger partial charge in [-0.1, -0.05) is 18.6 Å². The van der Waals surface area contributed by atoms with Gasteiger partial charge in [0.25, 0.3) is 0 Å². The lowest BCUT2D eigenvalue weighted by molar-refractivity contribution is 0.101. The second kappa shape index (κ2) is 7.16. The third-order valence-electron chi connectivity index (χ3n) is 5.49. The number of hydrogen-bond donors (Lipinski definition) is 0. The highest BCUT2D eigenvalue weighted by molar-refractivity contribution is 7.89. The van der Waals surface area contributed by atoms with Crippen LogP contribution >= 0.6 is 0 Å². The third kappa shape index (κ3) is 3.32. The number of carbonyl (C=O) groups is 1. The Bertz CT molecular complexity index is 967. The van der Waals surface area contributed by atoms with Crippen LogP contribution in [0.2, 0.25) is 0 Å². The largest absolute Gasteiger partial charge is 0.314 e. The number of nitrogens with zero attached hydrogens (tertiary/aromatic N) is 4. The maximum Gasteiger partial charge on any atom is 0.243 e. The van der Waals surface area contributed by atoms with Crippen molar-refractivity contribution in [2.75, 3.05) is 6.54 Å². The molecule has 1 atom stereocenters. The fourth-order valence-electron chi connectivity index (χ4n) is 4.05. The lowest BCUT2D eigenvalue weighted by Gasteiger charge is -2.24. The van der Waals surface area contributed by atoms with E-state index in [0.717, 1.165) is 56.7 Å². The van der Waals surface area contributed by atoms with Gasteiger partial charge in [-0.3, -0.25) is 4.79 Å². The monoisotopic (exact) mass is 388 g/mol. The summed E-state index contributed by atoms with van der Waals surface area (Å²) in [5, 5.41) is 8.71. The van der Waals surface area contributed by atoms with Crippen LogP contribution in [0.4, 0.5) is 0 Å². The summed E-state index contributed by atoms with van der Waals surface area (Å²) in [5.41, 5.74) is 0.406. The first-order valence-electron chi connectivity index (χ1n) is 9.53.